The van der Waals surface area contributed by atoms with Gasteiger partial charge in [-0.05, 0) is 62.7 Å². The molecule has 5 rings (SSSR count). The number of benzene rings is 2. The first-order valence-electron chi connectivity index (χ1n) is 14.4. The van der Waals surface area contributed by atoms with Gasteiger partial charge in [0.1, 0.15) is 17.1 Å². The molecule has 13 nitrogen and oxygen atoms in total. The van der Waals surface area contributed by atoms with Gasteiger partial charge in [-0.2, -0.15) is 13.2 Å². The first-order valence-corrected chi connectivity index (χ1v) is 14.7. The Morgan fingerprint density at radius 2 is 1.67 bits per heavy atom. The van der Waals surface area contributed by atoms with Crippen molar-refractivity contribution in [2.45, 2.75) is 30.7 Å². The minimum atomic E-state index is -4.87. The topological polar surface area (TPSA) is 206 Å². The van der Waals surface area contributed by atoms with E-state index in [4.69, 9.17) is 17.3 Å². The van der Waals surface area contributed by atoms with Gasteiger partial charge >= 0.3 is 12.2 Å². The third kappa shape index (κ3) is 5.29. The maximum atomic E-state index is 14.1. The van der Waals surface area contributed by atoms with Gasteiger partial charge < -0.3 is 41.7 Å². The molecule has 4 atom stereocenters. The number of nitrogens with one attached hydrogen (secondary N) is 2. The van der Waals surface area contributed by atoms with Crippen molar-refractivity contribution in [2.75, 3.05) is 43.7 Å². The molecule has 0 saturated heterocycles. The van der Waals surface area contributed by atoms with Crippen LogP contribution in [0.5, 0.6) is 5.75 Å². The van der Waals surface area contributed by atoms with E-state index in [-0.39, 0.29) is 29.1 Å². The number of phenolic OH excluding ortho intramolecular Hbond substituents is 1. The lowest BCUT2D eigenvalue weighted by atomic mass is 9.58. The molecule has 0 aliphatic heterocycles. The molecule has 17 heteroatoms. The van der Waals surface area contributed by atoms with Crippen molar-refractivity contribution in [2.24, 2.45) is 17.6 Å². The number of aromatic hydroxyl groups is 1. The van der Waals surface area contributed by atoms with Gasteiger partial charge in [0.25, 0.3) is 5.91 Å². The summed E-state index contributed by atoms with van der Waals surface area (Å²) in [5, 5.41) is 49.6. The molecular formula is C31H31ClF3N5O8. The summed E-state index contributed by atoms with van der Waals surface area (Å²) in [4.78, 5) is 55.8. The zero-order chi connectivity index (χ0) is 35.8. The number of allylic oxidation sites excluding steroid dienone is 1. The van der Waals surface area contributed by atoms with Crippen molar-refractivity contribution in [3.63, 3.8) is 0 Å². The molecule has 8 N–H and O–H groups in total. The molecule has 0 radical (unpaired) electrons. The number of carbonyl (C=O) groups excluding carboxylic acids is 4. The molecule has 0 bridgehead atoms. The average Bonchev–Trinajstić information content (AvgIpc) is 2.96. The number of hydrogen-bond acceptors (Lipinski definition) is 10. The van der Waals surface area contributed by atoms with Crippen LogP contribution in [0.1, 0.15) is 27.9 Å². The van der Waals surface area contributed by atoms with Crippen molar-refractivity contribution in [3.05, 3.63) is 68.6 Å². The quantitative estimate of drug-likeness (QED) is 0.179. The van der Waals surface area contributed by atoms with Crippen molar-refractivity contribution < 1.29 is 52.8 Å². The fourth-order valence-corrected chi connectivity index (χ4v) is 7.10. The molecule has 256 valence electrons. The van der Waals surface area contributed by atoms with Gasteiger partial charge in [-0.1, -0.05) is 11.6 Å². The minimum absolute atomic E-state index is 0.0260. The third-order valence-electron chi connectivity index (χ3n) is 8.96. The zero-order valence-electron chi connectivity index (χ0n) is 25.9. The molecule has 3 aliphatic rings. The van der Waals surface area contributed by atoms with Crippen LogP contribution in [0.3, 0.4) is 0 Å². The number of anilines is 3. The number of nitrogens with two attached hydrogens (primary N) is 1. The highest BCUT2D eigenvalue weighted by Crippen LogP contribution is 2.54. The van der Waals surface area contributed by atoms with Crippen LogP contribution >= 0.6 is 11.6 Å². The van der Waals surface area contributed by atoms with Crippen LogP contribution < -0.4 is 21.3 Å². The molecule has 0 unspecified atom stereocenters. The smallest absolute Gasteiger partial charge is 0.418 e. The van der Waals surface area contributed by atoms with Gasteiger partial charge in [0.05, 0.1) is 28.5 Å². The Hall–Kier alpha value is -4.80. The Kier molecular flexibility index (Phi) is 8.43. The van der Waals surface area contributed by atoms with E-state index in [1.807, 2.05) is 0 Å². The van der Waals surface area contributed by atoms with Crippen molar-refractivity contribution in [3.8, 4) is 5.75 Å². The van der Waals surface area contributed by atoms with E-state index in [0.717, 1.165) is 12.1 Å². The summed E-state index contributed by atoms with van der Waals surface area (Å²) >= 11 is 5.71. The summed E-state index contributed by atoms with van der Waals surface area (Å²) in [6, 6.07) is 1.62. The fraction of sp³-hybridized carbons (Fsp3) is 0.355. The molecule has 3 aliphatic carbocycles. The van der Waals surface area contributed by atoms with Gasteiger partial charge in [-0.25, -0.2) is 4.79 Å². The van der Waals surface area contributed by atoms with E-state index in [9.17, 15) is 52.8 Å². The van der Waals surface area contributed by atoms with Crippen molar-refractivity contribution in [1.29, 1.82) is 0 Å². The highest BCUT2D eigenvalue weighted by atomic mass is 35.5. The number of aliphatic hydroxyl groups is 3. The van der Waals surface area contributed by atoms with Crippen LogP contribution in [0.4, 0.5) is 35.0 Å². The van der Waals surface area contributed by atoms with Crippen LogP contribution in [0, 0.1) is 11.8 Å². The van der Waals surface area contributed by atoms with Gasteiger partial charge in [0.2, 0.25) is 5.78 Å². The molecule has 0 aromatic heterocycles. The molecule has 0 saturated carbocycles. The van der Waals surface area contributed by atoms with Crippen LogP contribution in [0.15, 0.2) is 46.9 Å². The second-order valence-corrected chi connectivity index (χ2v) is 12.7. The Labute approximate surface area is 276 Å². The highest BCUT2D eigenvalue weighted by Gasteiger charge is 2.63. The van der Waals surface area contributed by atoms with E-state index in [2.05, 4.69) is 10.6 Å². The van der Waals surface area contributed by atoms with E-state index >= 15 is 0 Å². The van der Waals surface area contributed by atoms with Crippen molar-refractivity contribution in [1.82, 2.24) is 4.90 Å². The number of rotatable bonds is 5. The second kappa shape index (κ2) is 11.7. The van der Waals surface area contributed by atoms with Gasteiger partial charge in [-0.15, -0.1) is 0 Å². The van der Waals surface area contributed by atoms with Crippen LogP contribution in [-0.4, -0.2) is 88.7 Å². The number of alkyl halides is 3. The normalized spacial score (nSPS) is 23.8. The minimum Gasteiger partial charge on any atom is -0.510 e. The number of nitrogens with zero attached hydrogens (tertiary/aromatic N) is 2. The van der Waals surface area contributed by atoms with E-state index in [0.29, 0.717) is 11.8 Å². The van der Waals surface area contributed by atoms with E-state index < -0.39 is 98.4 Å². The number of halogens is 4. The fourth-order valence-electron chi connectivity index (χ4n) is 6.93. The molecule has 2 aromatic carbocycles. The van der Waals surface area contributed by atoms with Crippen LogP contribution in [0.25, 0.3) is 0 Å². The standard InChI is InChI=1S/C31H31ClF3N5O8/c1-39(2)18-10-17(38-29(47)37-16-6-5-12(32)9-14(16)31(33,34)35)23(41)20-13(18)7-11-8-15-22(40(3)4)25(43)21(28(36)46)27(45)30(15,48)26(44)19(11)24(20)42/h5-6,9-11,15,22,41,43-44,48H,7-8H2,1-4H3,(H2,36,46)(H2,37,38,47)/t11-,15-,22-,30-/m1/s1. The first kappa shape index (κ1) is 34.5. The summed E-state index contributed by atoms with van der Waals surface area (Å²) in [6.45, 7) is 0. The molecule has 0 fully saturated rings. The van der Waals surface area contributed by atoms with Gasteiger partial charge in [0, 0.05) is 36.3 Å². The Balaban J connectivity index is 1.60. The van der Waals surface area contributed by atoms with Crippen molar-refractivity contribution >= 4 is 52.2 Å². The number of aliphatic hydroxyl groups excluding tert-OH is 2. The number of urea groups is 1. The predicted molar refractivity (Wildman–Crippen MR) is 167 cm³/mol. The van der Waals surface area contributed by atoms with E-state index in [1.165, 1.54) is 25.1 Å². The SMILES string of the molecule is CN(C)c1cc(NC(=O)Nc2ccc(Cl)cc2C(F)(F)F)c(O)c2c1C[C@@H]1C[C@@H]3[C@@H](N(C)C)C(O)=C(C(N)=O)C(=O)[C@]3(O)C(O)=C1C2=O. The number of ketones is 2. The molecule has 3 amide bonds. The number of primary amides is 1. The number of amides is 3. The highest BCUT2D eigenvalue weighted by molar-refractivity contribution is 6.30. The Bertz CT molecular complexity index is 1860. The number of Topliss-reactive ketones (excluding diaryl/α,β-unsaturated/α-hetero) is 2. The monoisotopic (exact) mass is 693 g/mol. The summed E-state index contributed by atoms with van der Waals surface area (Å²) in [5.74, 6) is -8.42. The zero-order valence-corrected chi connectivity index (χ0v) is 26.6. The van der Waals surface area contributed by atoms with E-state index in [1.54, 1.807) is 19.0 Å². The number of fused-ring (bicyclic) bond motifs is 3. The summed E-state index contributed by atoms with van der Waals surface area (Å²) < 4.78 is 40.8. The largest absolute Gasteiger partial charge is 0.510 e. The summed E-state index contributed by atoms with van der Waals surface area (Å²) in [7, 11) is 6.22. The summed E-state index contributed by atoms with van der Waals surface area (Å²) in [5.41, 5.74) is -0.945. The lowest BCUT2D eigenvalue weighted by Gasteiger charge is -2.50. The lowest BCUT2D eigenvalue weighted by molar-refractivity contribution is -0.148. The lowest BCUT2D eigenvalue weighted by Crippen LogP contribution is -2.63. The molecule has 0 spiro atoms. The van der Waals surface area contributed by atoms with Gasteiger partial charge in [0.15, 0.2) is 17.1 Å². The first-order chi connectivity index (χ1) is 22.2. The molecule has 48 heavy (non-hydrogen) atoms. The van der Waals surface area contributed by atoms with Crippen LogP contribution in [0.2, 0.25) is 5.02 Å². The Morgan fingerprint density at radius 1 is 1.04 bits per heavy atom. The molecule has 2 aromatic rings. The maximum Gasteiger partial charge on any atom is 0.418 e. The van der Waals surface area contributed by atoms with Gasteiger partial charge in [-0.3, -0.25) is 19.3 Å². The third-order valence-corrected chi connectivity index (χ3v) is 9.20. The second-order valence-electron chi connectivity index (χ2n) is 12.3. The number of likely N-dealkylation sites (N-methyl/N-ethyl adjacent to an activating group) is 1. The molecular weight excluding hydrogens is 663 g/mol. The number of hydrogen-bond donors (Lipinski definition) is 7. The summed E-state index contributed by atoms with van der Waals surface area (Å²) in [6.07, 6.45) is -5.04. The molecule has 0 heterocycles. The van der Waals surface area contributed by atoms with Crippen LogP contribution in [-0.2, 0) is 22.2 Å². The number of carbonyl (C=O) groups is 4. The maximum absolute atomic E-state index is 14.1. The Morgan fingerprint density at radius 3 is 2.23 bits per heavy atom. The average molecular weight is 694 g/mol. The predicted octanol–water partition coefficient (Wildman–Crippen LogP) is 3.50. The number of phenols is 1.